The zero-order valence-electron chi connectivity index (χ0n) is 71.6. The zero-order valence-corrected chi connectivity index (χ0v) is 74.1. The smallest absolute Gasteiger partial charge is 0.187 e. The fourth-order valence-corrected chi connectivity index (χ4v) is 14.3. The lowest BCUT2D eigenvalue weighted by Gasteiger charge is -2.51. The zero-order chi connectivity index (χ0) is 79.2. The highest BCUT2D eigenvalue weighted by Crippen LogP contribution is 2.53. The second kappa shape index (κ2) is 30.6. The number of thioether (sulfide) groups is 3. The van der Waals surface area contributed by atoms with E-state index in [0.717, 1.165) is 66.9 Å². The van der Waals surface area contributed by atoms with Gasteiger partial charge in [0.2, 0.25) is 0 Å². The van der Waals surface area contributed by atoms with E-state index in [-0.39, 0.29) is 86.9 Å². The minimum atomic E-state index is -0.212. The van der Waals surface area contributed by atoms with Crippen molar-refractivity contribution in [3.8, 4) is 0 Å². The molecular weight excluding hydrogens is 1280 g/mol. The molecule has 0 unspecified atom stereocenters. The van der Waals surface area contributed by atoms with Gasteiger partial charge in [-0.2, -0.15) is 0 Å². The Hall–Kier alpha value is -4.67. The Morgan fingerprint density at radius 1 is 0.323 bits per heavy atom. The second-order valence-corrected chi connectivity index (χ2v) is 40.6. The summed E-state index contributed by atoms with van der Waals surface area (Å²) in [6.07, 6.45) is 0. The first kappa shape index (κ1) is 92.3. The van der Waals surface area contributed by atoms with Crippen molar-refractivity contribution in [2.24, 2.45) is 83.3 Å². The quantitative estimate of drug-likeness (QED) is 0.235. The van der Waals surface area contributed by atoms with Crippen LogP contribution in [-0.2, 0) is 9.47 Å². The Bertz CT molecular complexity index is 3150. The minimum Gasteiger partial charge on any atom is -0.474 e. The summed E-state index contributed by atoms with van der Waals surface area (Å²) >= 11 is 5.26. The number of hydrogen-bond acceptors (Lipinski definition) is 16. The normalized spacial score (nSPS) is 26.2. The summed E-state index contributed by atoms with van der Waals surface area (Å²) in [5.41, 5.74) is 4.97. The number of rotatable bonds is 0. The topological polar surface area (TPSA) is 127 Å². The number of ether oxygens (including phenoxy) is 2. The molecule has 8 rings (SSSR count). The summed E-state index contributed by atoms with van der Waals surface area (Å²) in [5.74, 6) is 5.38. The molecule has 0 radical (unpaired) electrons. The van der Waals surface area contributed by atoms with Gasteiger partial charge in [0.15, 0.2) is 11.8 Å². The highest BCUT2D eigenvalue weighted by atomic mass is 32.2. The maximum atomic E-state index is 5.65. The number of allylic oxidation sites excluding steroid dienone is 1. The van der Waals surface area contributed by atoms with Gasteiger partial charge in [-0.15, -0.1) is 11.8 Å². The van der Waals surface area contributed by atoms with Crippen LogP contribution in [0.2, 0.25) is 0 Å². The summed E-state index contributed by atoms with van der Waals surface area (Å²) in [6.45, 7) is 118. The van der Waals surface area contributed by atoms with Crippen LogP contribution in [0.15, 0.2) is 137 Å². The van der Waals surface area contributed by atoms with Gasteiger partial charge < -0.3 is 24.2 Å². The molecule has 0 saturated heterocycles. The lowest BCUT2D eigenvalue weighted by Crippen LogP contribution is -2.57. The standard InChI is InChI=1S/3C11H20N2.2C10H17NO.3C10H17NS/c2*1-8-10(3,4)11(5,6)12-9(2)13(8)7;1-8-10(3,4)11(5,6)13(7)9(2)12-8;1-7-9(3,4)10(5,6)11-8(2)12-7;1-7-9(3,4)10(5,6)12-8(2)11-7;2*1-7-9(3,4)10(5,6)11-8(2)12-7;1-7-9(3,4)10(5,6)12-8(2)11-7/h3*1H2,2-7H3;5*1H2,2-6H3. The Balaban J connectivity index is 0.000000566. The fraction of sp³-hybridized carbons (Fsp3) is 0.711. The van der Waals surface area contributed by atoms with Crippen molar-refractivity contribution in [2.45, 2.75) is 321 Å². The van der Waals surface area contributed by atoms with Gasteiger partial charge in [0.25, 0.3) is 0 Å². The SMILES string of the molecule is C=C1N(C)C(C)=NC(C)(C)C1(C)C.C=C1N(C)C(C)=NC(C)(C)C1(C)C.C=C1N=C(C)N(C)C(C)(C)C1(C)C.C=C1N=C(C)OC(C)(C)C1(C)C.C=C1N=C(C)SC(C)(C)C1(C)C.C=C1OC(C)=NC(C)(C)C1(C)C.C=C1SC(C)=NC(C)(C)C1(C)C.C=C1SC(C)=NC(C)(C)C1(C)C. The molecule has 0 aromatic rings. The predicted octanol–water partition coefficient (Wildman–Crippen LogP) is 23.9. The third-order valence-corrected chi connectivity index (χ3v) is 29.4. The average Bonchev–Trinajstić information content (AvgIpc) is 0.777. The summed E-state index contributed by atoms with van der Waals surface area (Å²) in [7, 11) is 6.14. The third-order valence-electron chi connectivity index (χ3n) is 25.7. The van der Waals surface area contributed by atoms with Crippen LogP contribution in [-0.4, -0.2) is 124 Å². The van der Waals surface area contributed by atoms with Crippen LogP contribution in [0, 0.1) is 43.3 Å². The van der Waals surface area contributed by atoms with E-state index in [9.17, 15) is 0 Å². The van der Waals surface area contributed by atoms with E-state index in [0.29, 0.717) is 11.8 Å². The molecular formula is C83H145N11O2S3. The van der Waals surface area contributed by atoms with Gasteiger partial charge in [0.1, 0.15) is 28.9 Å². The van der Waals surface area contributed by atoms with Gasteiger partial charge in [-0.3, -0.25) is 25.0 Å². The predicted molar refractivity (Wildman–Crippen MR) is 449 cm³/mol. The molecule has 562 valence electrons. The minimum absolute atomic E-state index is 0.0145. The average molecular weight is 1430 g/mol. The van der Waals surface area contributed by atoms with E-state index in [2.05, 4.69) is 336 Å². The maximum Gasteiger partial charge on any atom is 0.187 e. The highest BCUT2D eigenvalue weighted by molar-refractivity contribution is 8.17. The summed E-state index contributed by atoms with van der Waals surface area (Å²) in [5, 5.41) is 3.39. The monoisotopic (exact) mass is 1420 g/mol. The van der Waals surface area contributed by atoms with Crippen molar-refractivity contribution in [1.29, 1.82) is 0 Å². The molecule has 0 aromatic heterocycles. The summed E-state index contributed by atoms with van der Waals surface area (Å²) < 4.78 is 11.2. The van der Waals surface area contributed by atoms with E-state index in [1.54, 1.807) is 23.5 Å². The Kier molecular flexibility index (Phi) is 28.5. The van der Waals surface area contributed by atoms with Crippen molar-refractivity contribution in [3.63, 3.8) is 0 Å². The van der Waals surface area contributed by atoms with Crippen LogP contribution in [0.4, 0.5) is 0 Å². The third kappa shape index (κ3) is 19.4. The maximum absolute atomic E-state index is 5.65. The number of nitrogens with zero attached hydrogens (tertiary/aromatic N) is 11. The van der Waals surface area contributed by atoms with Crippen LogP contribution in [0.3, 0.4) is 0 Å². The van der Waals surface area contributed by atoms with Crippen LogP contribution in [0.5, 0.6) is 0 Å². The number of hydrogen-bond donors (Lipinski definition) is 0. The van der Waals surface area contributed by atoms with E-state index < -0.39 is 0 Å². The molecule has 0 aliphatic carbocycles. The molecule has 8 aliphatic rings. The van der Waals surface area contributed by atoms with Crippen molar-refractivity contribution in [3.05, 3.63) is 96.7 Å². The first-order valence-corrected chi connectivity index (χ1v) is 37.6. The number of amidine groups is 3. The summed E-state index contributed by atoms with van der Waals surface area (Å²) in [6, 6.07) is 0. The molecule has 0 fully saturated rings. The van der Waals surface area contributed by atoms with E-state index in [1.807, 2.05) is 81.2 Å². The van der Waals surface area contributed by atoms with Crippen LogP contribution < -0.4 is 0 Å². The Morgan fingerprint density at radius 3 is 0.970 bits per heavy atom. The van der Waals surface area contributed by atoms with E-state index >= 15 is 0 Å². The number of aliphatic imine (C=N–C) groups is 8. The lowest BCUT2D eigenvalue weighted by atomic mass is 9.70. The Labute approximate surface area is 621 Å². The van der Waals surface area contributed by atoms with Crippen molar-refractivity contribution < 1.29 is 9.47 Å². The Morgan fingerprint density at radius 2 is 0.646 bits per heavy atom. The molecule has 0 saturated carbocycles. The first-order chi connectivity index (χ1) is 43.5. The first-order valence-electron chi connectivity index (χ1n) is 35.1. The molecule has 0 atom stereocenters. The lowest BCUT2D eigenvalue weighted by molar-refractivity contribution is -0.0121. The van der Waals surface area contributed by atoms with Crippen molar-refractivity contribution in [1.82, 2.24) is 14.7 Å². The molecule has 0 N–H and O–H groups in total. The van der Waals surface area contributed by atoms with Crippen LogP contribution >= 0.6 is 35.3 Å². The molecule has 0 spiro atoms. The molecule has 99 heavy (non-hydrogen) atoms. The van der Waals surface area contributed by atoms with Crippen molar-refractivity contribution in [2.75, 3.05) is 21.1 Å². The van der Waals surface area contributed by atoms with E-state index in [4.69, 9.17) is 9.47 Å². The van der Waals surface area contributed by atoms with Gasteiger partial charge in [-0.25, -0.2) is 15.0 Å². The van der Waals surface area contributed by atoms with Crippen LogP contribution in [0.1, 0.15) is 277 Å². The fourth-order valence-electron chi connectivity index (χ4n) is 10.8. The van der Waals surface area contributed by atoms with Gasteiger partial charge in [-0.05, 0) is 162 Å². The molecule has 0 amide bonds. The van der Waals surface area contributed by atoms with Crippen LogP contribution in [0.25, 0.3) is 0 Å². The van der Waals surface area contributed by atoms with Gasteiger partial charge in [0.05, 0.1) is 42.8 Å². The van der Waals surface area contributed by atoms with E-state index in [1.165, 1.54) is 9.81 Å². The van der Waals surface area contributed by atoms with Gasteiger partial charge in [-0.1, -0.05) is 187 Å². The molecule has 8 aliphatic heterocycles. The highest BCUT2D eigenvalue weighted by Gasteiger charge is 2.50. The molecule has 8 heterocycles. The largest absolute Gasteiger partial charge is 0.474 e. The molecule has 0 bridgehead atoms. The molecule has 13 nitrogen and oxygen atoms in total. The summed E-state index contributed by atoms with van der Waals surface area (Å²) in [4.78, 5) is 45.0. The van der Waals surface area contributed by atoms with Gasteiger partial charge in [0, 0.05) is 117 Å². The second-order valence-electron chi connectivity index (χ2n) is 36.2. The molecule has 16 heteroatoms. The van der Waals surface area contributed by atoms with Crippen molar-refractivity contribution >= 4 is 79.7 Å². The molecule has 0 aromatic carbocycles. The van der Waals surface area contributed by atoms with Gasteiger partial charge >= 0.3 is 0 Å².